The van der Waals surface area contributed by atoms with Gasteiger partial charge in [-0.05, 0) is 55.9 Å². The van der Waals surface area contributed by atoms with Crippen LogP contribution in [-0.4, -0.2) is 5.54 Å². The van der Waals surface area contributed by atoms with Crippen LogP contribution in [0, 0.1) is 12.7 Å². The van der Waals surface area contributed by atoms with Crippen LogP contribution in [-0.2, 0) is 6.42 Å². The number of rotatable bonds is 3. The van der Waals surface area contributed by atoms with Gasteiger partial charge >= 0.3 is 0 Å². The second-order valence-electron chi connectivity index (χ2n) is 4.56. The quantitative estimate of drug-likeness (QED) is 0.843. The Hall–Kier alpha value is -0.600. The minimum atomic E-state index is -0.136. The molecule has 0 aromatic heterocycles. The Balaban J connectivity index is 2.13. The molecule has 82 valence electrons. The lowest BCUT2D eigenvalue weighted by Crippen LogP contribution is -2.22. The number of hydrogen-bond donors (Lipinski definition) is 1. The van der Waals surface area contributed by atoms with E-state index in [4.69, 9.17) is 17.3 Å². The van der Waals surface area contributed by atoms with Crippen molar-refractivity contribution in [1.82, 2.24) is 0 Å². The van der Waals surface area contributed by atoms with E-state index in [1.807, 2.05) is 0 Å². The van der Waals surface area contributed by atoms with E-state index in [-0.39, 0.29) is 11.4 Å². The molecule has 0 radical (unpaired) electrons. The standard InChI is InChI=1S/C12H15ClFN/c1-8-6-10(13)7-9(11(8)14)2-3-12(15)4-5-12/h6-7H,2-5,15H2,1H3. The van der Waals surface area contributed by atoms with Crippen molar-refractivity contribution < 1.29 is 4.39 Å². The van der Waals surface area contributed by atoms with Crippen molar-refractivity contribution in [3.63, 3.8) is 0 Å². The Morgan fingerprint density at radius 3 is 2.73 bits per heavy atom. The summed E-state index contributed by atoms with van der Waals surface area (Å²) < 4.78 is 13.7. The summed E-state index contributed by atoms with van der Waals surface area (Å²) in [6.07, 6.45) is 3.66. The summed E-state index contributed by atoms with van der Waals surface area (Å²) >= 11 is 5.89. The van der Waals surface area contributed by atoms with Gasteiger partial charge in [0.15, 0.2) is 0 Å². The van der Waals surface area contributed by atoms with Crippen molar-refractivity contribution in [2.24, 2.45) is 5.73 Å². The van der Waals surface area contributed by atoms with Gasteiger partial charge in [0.25, 0.3) is 0 Å². The molecule has 1 nitrogen and oxygen atoms in total. The number of benzene rings is 1. The van der Waals surface area contributed by atoms with Crippen LogP contribution in [0.15, 0.2) is 12.1 Å². The van der Waals surface area contributed by atoms with E-state index < -0.39 is 0 Å². The van der Waals surface area contributed by atoms with E-state index in [1.54, 1.807) is 19.1 Å². The van der Waals surface area contributed by atoms with Gasteiger partial charge in [-0.1, -0.05) is 11.6 Å². The lowest BCUT2D eigenvalue weighted by Gasteiger charge is -2.10. The monoisotopic (exact) mass is 227 g/mol. The zero-order chi connectivity index (χ0) is 11.1. The highest BCUT2D eigenvalue weighted by Crippen LogP contribution is 2.37. The van der Waals surface area contributed by atoms with Crippen LogP contribution in [0.25, 0.3) is 0 Å². The van der Waals surface area contributed by atoms with Crippen molar-refractivity contribution in [2.45, 2.75) is 38.1 Å². The minimum absolute atomic E-state index is 0.0251. The maximum Gasteiger partial charge on any atom is 0.129 e. The number of halogens is 2. The Kier molecular flexibility index (Phi) is 2.73. The Morgan fingerprint density at radius 1 is 1.47 bits per heavy atom. The molecule has 2 rings (SSSR count). The Morgan fingerprint density at radius 2 is 2.13 bits per heavy atom. The fraction of sp³-hybridized carbons (Fsp3) is 0.500. The molecule has 1 aromatic rings. The second kappa shape index (κ2) is 3.76. The summed E-state index contributed by atoms with van der Waals surface area (Å²) in [6.45, 7) is 1.74. The van der Waals surface area contributed by atoms with Crippen LogP contribution < -0.4 is 5.73 Å². The first-order valence-corrected chi connectivity index (χ1v) is 5.61. The molecule has 0 heterocycles. The van der Waals surface area contributed by atoms with Gasteiger partial charge in [0, 0.05) is 10.6 Å². The van der Waals surface area contributed by atoms with Crippen LogP contribution in [0.4, 0.5) is 4.39 Å². The van der Waals surface area contributed by atoms with E-state index >= 15 is 0 Å². The lowest BCUT2D eigenvalue weighted by atomic mass is 10.0. The Bertz CT molecular complexity index is 385. The average molecular weight is 228 g/mol. The van der Waals surface area contributed by atoms with Crippen molar-refractivity contribution in [3.05, 3.63) is 34.1 Å². The summed E-state index contributed by atoms with van der Waals surface area (Å²) in [5.41, 5.74) is 7.24. The molecule has 2 N–H and O–H groups in total. The largest absolute Gasteiger partial charge is 0.325 e. The molecular weight excluding hydrogens is 213 g/mol. The highest BCUT2D eigenvalue weighted by Gasteiger charge is 2.37. The zero-order valence-electron chi connectivity index (χ0n) is 8.82. The molecule has 1 fully saturated rings. The molecule has 0 saturated heterocycles. The number of aryl methyl sites for hydroxylation is 2. The molecule has 15 heavy (non-hydrogen) atoms. The van der Waals surface area contributed by atoms with Crippen molar-refractivity contribution in [2.75, 3.05) is 0 Å². The minimum Gasteiger partial charge on any atom is -0.325 e. The summed E-state index contributed by atoms with van der Waals surface area (Å²) in [4.78, 5) is 0. The van der Waals surface area contributed by atoms with E-state index in [1.165, 1.54) is 0 Å². The van der Waals surface area contributed by atoms with Crippen LogP contribution >= 0.6 is 11.6 Å². The topological polar surface area (TPSA) is 26.0 Å². The summed E-state index contributed by atoms with van der Waals surface area (Å²) in [6, 6.07) is 3.35. The highest BCUT2D eigenvalue weighted by atomic mass is 35.5. The van der Waals surface area contributed by atoms with Crippen LogP contribution in [0.3, 0.4) is 0 Å². The predicted octanol–water partition coefficient (Wildman–Crippen LogP) is 3.21. The van der Waals surface area contributed by atoms with Gasteiger partial charge in [0.1, 0.15) is 5.82 Å². The Labute approximate surface area is 94.4 Å². The van der Waals surface area contributed by atoms with E-state index in [2.05, 4.69) is 0 Å². The summed E-state index contributed by atoms with van der Waals surface area (Å²) in [5.74, 6) is -0.136. The molecule has 1 aliphatic carbocycles. The molecule has 0 aliphatic heterocycles. The second-order valence-corrected chi connectivity index (χ2v) is 4.99. The summed E-state index contributed by atoms with van der Waals surface area (Å²) in [5, 5.41) is 0.603. The summed E-state index contributed by atoms with van der Waals surface area (Å²) in [7, 11) is 0. The van der Waals surface area contributed by atoms with Gasteiger partial charge in [0.05, 0.1) is 0 Å². The van der Waals surface area contributed by atoms with E-state index in [0.717, 1.165) is 19.3 Å². The molecule has 3 heteroatoms. The number of nitrogens with two attached hydrogens (primary N) is 1. The molecular formula is C12H15ClFN. The van der Waals surface area contributed by atoms with Gasteiger partial charge in [0.2, 0.25) is 0 Å². The van der Waals surface area contributed by atoms with E-state index in [9.17, 15) is 4.39 Å². The SMILES string of the molecule is Cc1cc(Cl)cc(CCC2(N)CC2)c1F. The van der Waals surface area contributed by atoms with Crippen LogP contribution in [0.1, 0.15) is 30.4 Å². The van der Waals surface area contributed by atoms with Gasteiger partial charge in [-0.2, -0.15) is 0 Å². The zero-order valence-corrected chi connectivity index (χ0v) is 9.57. The third kappa shape index (κ3) is 2.50. The fourth-order valence-corrected chi connectivity index (χ4v) is 2.07. The van der Waals surface area contributed by atoms with Gasteiger partial charge in [-0.15, -0.1) is 0 Å². The third-order valence-corrected chi connectivity index (χ3v) is 3.30. The molecule has 0 amide bonds. The van der Waals surface area contributed by atoms with Gasteiger partial charge in [-0.3, -0.25) is 0 Å². The molecule has 0 atom stereocenters. The molecule has 1 aromatic carbocycles. The van der Waals surface area contributed by atoms with Crippen molar-refractivity contribution in [3.8, 4) is 0 Å². The van der Waals surface area contributed by atoms with Crippen molar-refractivity contribution in [1.29, 1.82) is 0 Å². The lowest BCUT2D eigenvalue weighted by molar-refractivity contribution is 0.566. The van der Waals surface area contributed by atoms with Crippen molar-refractivity contribution >= 4 is 11.6 Å². The molecule has 1 aliphatic rings. The maximum absolute atomic E-state index is 13.7. The van der Waals surface area contributed by atoms with Crippen LogP contribution in [0.2, 0.25) is 5.02 Å². The molecule has 0 bridgehead atoms. The number of hydrogen-bond acceptors (Lipinski definition) is 1. The first kappa shape index (κ1) is 10.9. The maximum atomic E-state index is 13.7. The normalized spacial score (nSPS) is 17.9. The smallest absolute Gasteiger partial charge is 0.129 e. The average Bonchev–Trinajstić information content (AvgIpc) is 2.88. The highest BCUT2D eigenvalue weighted by molar-refractivity contribution is 6.30. The van der Waals surface area contributed by atoms with Gasteiger partial charge < -0.3 is 5.73 Å². The molecule has 0 unspecified atom stereocenters. The van der Waals surface area contributed by atoms with Gasteiger partial charge in [-0.25, -0.2) is 4.39 Å². The first-order valence-electron chi connectivity index (χ1n) is 5.24. The fourth-order valence-electron chi connectivity index (χ4n) is 1.77. The molecule has 1 saturated carbocycles. The first-order chi connectivity index (χ1) is 7.00. The van der Waals surface area contributed by atoms with Crippen LogP contribution in [0.5, 0.6) is 0 Å². The predicted molar refractivity (Wildman–Crippen MR) is 60.6 cm³/mol. The molecule has 0 spiro atoms. The third-order valence-electron chi connectivity index (χ3n) is 3.08. The van der Waals surface area contributed by atoms with E-state index in [0.29, 0.717) is 22.6 Å².